The van der Waals surface area contributed by atoms with Crippen LogP contribution in [-0.2, 0) is 4.79 Å². The highest BCUT2D eigenvalue weighted by atomic mass is 16.1. The van der Waals surface area contributed by atoms with Gasteiger partial charge < -0.3 is 0 Å². The SMILES string of the molecule is O=C1C2C[C@@H]3C1[C@@H]3C2. The zero-order valence-corrected chi connectivity index (χ0v) is 4.63. The molecule has 0 radical (unpaired) electrons. The number of carbonyl (C=O) groups excluding carboxylic acids is 1. The third kappa shape index (κ3) is 0.188. The summed E-state index contributed by atoms with van der Waals surface area (Å²) in [7, 11) is 0. The Hall–Kier alpha value is -0.330. The first kappa shape index (κ1) is 3.65. The van der Waals surface area contributed by atoms with E-state index in [1.165, 1.54) is 12.8 Å². The summed E-state index contributed by atoms with van der Waals surface area (Å²) in [5.41, 5.74) is 0. The summed E-state index contributed by atoms with van der Waals surface area (Å²) in [5, 5.41) is 0. The molecule has 2 unspecified atom stereocenters. The highest BCUT2D eigenvalue weighted by molar-refractivity contribution is 5.92. The molecule has 4 fully saturated rings. The Balaban J connectivity index is 2.21. The minimum atomic E-state index is 0.537. The fourth-order valence-electron chi connectivity index (χ4n) is 2.77. The predicted molar refractivity (Wildman–Crippen MR) is 28.2 cm³/mol. The van der Waals surface area contributed by atoms with Crippen molar-refractivity contribution in [2.24, 2.45) is 23.7 Å². The molecule has 0 N–H and O–H groups in total. The third-order valence-corrected chi connectivity index (χ3v) is 3.18. The Bertz CT molecular complexity index is 157. The molecule has 0 aromatic heterocycles. The Labute approximate surface area is 48.1 Å². The first-order valence-electron chi connectivity index (χ1n) is 3.41. The molecule has 0 heterocycles. The van der Waals surface area contributed by atoms with Gasteiger partial charge in [0.1, 0.15) is 5.78 Å². The third-order valence-electron chi connectivity index (χ3n) is 3.18. The van der Waals surface area contributed by atoms with Gasteiger partial charge in [-0.25, -0.2) is 0 Å². The Kier molecular flexibility index (Phi) is 0.352. The van der Waals surface area contributed by atoms with Crippen molar-refractivity contribution in [1.82, 2.24) is 0 Å². The van der Waals surface area contributed by atoms with E-state index < -0.39 is 0 Å². The lowest BCUT2D eigenvalue weighted by atomic mass is 10.1. The quantitative estimate of drug-likeness (QED) is 0.449. The van der Waals surface area contributed by atoms with Gasteiger partial charge in [0.2, 0.25) is 0 Å². The van der Waals surface area contributed by atoms with Crippen LogP contribution in [0.15, 0.2) is 0 Å². The summed E-state index contributed by atoms with van der Waals surface area (Å²) in [5.74, 6) is 3.50. The molecule has 4 rings (SSSR count). The monoisotopic (exact) mass is 108 g/mol. The van der Waals surface area contributed by atoms with E-state index in [4.69, 9.17) is 0 Å². The fraction of sp³-hybridized carbons (Fsp3) is 0.857. The molecule has 42 valence electrons. The van der Waals surface area contributed by atoms with Crippen molar-refractivity contribution in [3.8, 4) is 0 Å². The van der Waals surface area contributed by atoms with Gasteiger partial charge in [-0.05, 0) is 24.7 Å². The van der Waals surface area contributed by atoms with Crippen LogP contribution >= 0.6 is 0 Å². The molecule has 8 heavy (non-hydrogen) atoms. The van der Waals surface area contributed by atoms with Crippen LogP contribution in [0.25, 0.3) is 0 Å². The van der Waals surface area contributed by atoms with Crippen molar-refractivity contribution >= 4 is 5.78 Å². The molecule has 4 aliphatic carbocycles. The molecule has 1 nitrogen and oxygen atoms in total. The topological polar surface area (TPSA) is 17.1 Å². The number of Topliss-reactive ketones (excluding diaryl/α,β-unsaturated/α-hetero) is 1. The number of ketones is 1. The van der Waals surface area contributed by atoms with Crippen LogP contribution in [0, 0.1) is 23.7 Å². The van der Waals surface area contributed by atoms with E-state index in [1.807, 2.05) is 0 Å². The lowest BCUT2D eigenvalue weighted by molar-refractivity contribution is -0.120. The minimum Gasteiger partial charge on any atom is -0.299 e. The van der Waals surface area contributed by atoms with E-state index in [1.54, 1.807) is 0 Å². The number of hydrogen-bond donors (Lipinski definition) is 0. The molecule has 0 spiro atoms. The zero-order valence-electron chi connectivity index (χ0n) is 4.63. The fourth-order valence-corrected chi connectivity index (χ4v) is 2.77. The molecule has 4 aliphatic rings. The first-order valence-corrected chi connectivity index (χ1v) is 3.41. The number of hydrogen-bond acceptors (Lipinski definition) is 1. The van der Waals surface area contributed by atoms with Gasteiger partial charge >= 0.3 is 0 Å². The standard InChI is InChI=1S/C7H8O/c8-7-3-1-4-5(2-3)6(4)7/h3-6H,1-2H2/t3?,4-,5+,6?. The van der Waals surface area contributed by atoms with Crippen LogP contribution in [0.1, 0.15) is 12.8 Å². The maximum Gasteiger partial charge on any atom is 0.139 e. The average Bonchev–Trinajstić information content (AvgIpc) is 2.23. The first-order chi connectivity index (χ1) is 3.88. The van der Waals surface area contributed by atoms with Crippen LogP contribution in [0.5, 0.6) is 0 Å². The van der Waals surface area contributed by atoms with Crippen molar-refractivity contribution in [3.05, 3.63) is 0 Å². The molecule has 4 saturated carbocycles. The van der Waals surface area contributed by atoms with Crippen molar-refractivity contribution in [2.75, 3.05) is 0 Å². The Morgan fingerprint density at radius 1 is 1.25 bits per heavy atom. The van der Waals surface area contributed by atoms with Crippen molar-refractivity contribution < 1.29 is 4.79 Å². The molecule has 0 saturated heterocycles. The average molecular weight is 108 g/mol. The van der Waals surface area contributed by atoms with Gasteiger partial charge in [0.05, 0.1) is 0 Å². The summed E-state index contributed by atoms with van der Waals surface area (Å²) >= 11 is 0. The van der Waals surface area contributed by atoms with Crippen LogP contribution in [0.4, 0.5) is 0 Å². The normalized spacial score (nSPS) is 64.8. The van der Waals surface area contributed by atoms with Gasteiger partial charge in [-0.2, -0.15) is 0 Å². The lowest BCUT2D eigenvalue weighted by Crippen LogP contribution is -2.00. The molecular weight excluding hydrogens is 100 g/mol. The van der Waals surface area contributed by atoms with Crippen molar-refractivity contribution in [2.45, 2.75) is 12.8 Å². The zero-order chi connectivity index (χ0) is 5.30. The van der Waals surface area contributed by atoms with E-state index in [9.17, 15) is 4.79 Å². The molecule has 4 atom stereocenters. The molecule has 0 aliphatic heterocycles. The highest BCUT2D eigenvalue weighted by Gasteiger charge is 2.68. The molecule has 1 heteroatoms. The van der Waals surface area contributed by atoms with Gasteiger partial charge in [-0.1, -0.05) is 0 Å². The smallest absolute Gasteiger partial charge is 0.139 e. The van der Waals surface area contributed by atoms with Gasteiger partial charge in [0.15, 0.2) is 0 Å². The van der Waals surface area contributed by atoms with E-state index in [0.29, 0.717) is 17.6 Å². The van der Waals surface area contributed by atoms with Crippen LogP contribution in [0.3, 0.4) is 0 Å². The summed E-state index contributed by atoms with van der Waals surface area (Å²) in [6.07, 6.45) is 2.52. The minimum absolute atomic E-state index is 0.537. The maximum atomic E-state index is 11.0. The van der Waals surface area contributed by atoms with E-state index >= 15 is 0 Å². The highest BCUT2D eigenvalue weighted by Crippen LogP contribution is 2.68. The van der Waals surface area contributed by atoms with Gasteiger partial charge in [-0.3, -0.25) is 4.79 Å². The molecule has 0 aromatic rings. The largest absolute Gasteiger partial charge is 0.299 e. The van der Waals surface area contributed by atoms with Crippen LogP contribution in [-0.4, -0.2) is 5.78 Å². The van der Waals surface area contributed by atoms with Crippen molar-refractivity contribution in [1.29, 1.82) is 0 Å². The second kappa shape index (κ2) is 0.772. The maximum absolute atomic E-state index is 11.0. The molecular formula is C7H8O. The van der Waals surface area contributed by atoms with Gasteiger partial charge in [0, 0.05) is 11.8 Å². The summed E-state index contributed by atoms with van der Waals surface area (Å²) in [4.78, 5) is 11.0. The molecule has 4 bridgehead atoms. The molecule has 0 aromatic carbocycles. The lowest BCUT2D eigenvalue weighted by Gasteiger charge is -1.90. The Morgan fingerprint density at radius 3 is 2.00 bits per heavy atom. The van der Waals surface area contributed by atoms with Crippen LogP contribution < -0.4 is 0 Å². The second-order valence-corrected chi connectivity index (χ2v) is 3.42. The van der Waals surface area contributed by atoms with Crippen molar-refractivity contribution in [3.63, 3.8) is 0 Å². The second-order valence-electron chi connectivity index (χ2n) is 3.42. The molecule has 0 amide bonds. The van der Waals surface area contributed by atoms with E-state index in [-0.39, 0.29) is 0 Å². The van der Waals surface area contributed by atoms with E-state index in [0.717, 1.165) is 11.8 Å². The van der Waals surface area contributed by atoms with Gasteiger partial charge in [0.25, 0.3) is 0 Å². The summed E-state index contributed by atoms with van der Waals surface area (Å²) < 4.78 is 0. The summed E-state index contributed by atoms with van der Waals surface area (Å²) in [6, 6.07) is 0. The van der Waals surface area contributed by atoms with Gasteiger partial charge in [-0.15, -0.1) is 0 Å². The number of rotatable bonds is 0. The van der Waals surface area contributed by atoms with Crippen LogP contribution in [0.2, 0.25) is 0 Å². The predicted octanol–water partition coefficient (Wildman–Crippen LogP) is 0.841. The number of carbonyl (C=O) groups is 1. The summed E-state index contributed by atoms with van der Waals surface area (Å²) in [6.45, 7) is 0. The Morgan fingerprint density at radius 2 is 1.88 bits per heavy atom. The van der Waals surface area contributed by atoms with E-state index in [2.05, 4.69) is 0 Å².